The molecular weight excluding hydrogens is 266 g/mol. The Kier molecular flexibility index (Phi) is 4.22. The third-order valence-electron chi connectivity index (χ3n) is 2.31. The molecule has 0 aliphatic carbocycles. The zero-order valence-electron chi connectivity index (χ0n) is 10.2. The van der Waals surface area contributed by atoms with Crippen molar-refractivity contribution in [1.29, 1.82) is 0 Å². The third-order valence-corrected chi connectivity index (χ3v) is 2.31. The van der Waals surface area contributed by atoms with Crippen LogP contribution in [0.4, 0.5) is 4.79 Å². The molecule has 0 saturated carbocycles. The predicted molar refractivity (Wildman–Crippen MR) is 64.6 cm³/mol. The summed E-state index contributed by atoms with van der Waals surface area (Å²) < 4.78 is 4.52. The Morgan fingerprint density at radius 1 is 1.20 bits per heavy atom. The number of nitrogens with one attached hydrogen (secondary N) is 2. The van der Waals surface area contributed by atoms with Crippen molar-refractivity contribution >= 4 is 12.0 Å². The number of carbonyl (C=O) groups is 2. The molecule has 0 atom stereocenters. The van der Waals surface area contributed by atoms with Crippen molar-refractivity contribution in [3.05, 3.63) is 41.8 Å². The topological polar surface area (TPSA) is 130 Å². The fraction of sp³-hybridized carbons (Fsp3) is 0.182. The van der Waals surface area contributed by atoms with E-state index in [-0.39, 0.29) is 18.8 Å². The number of carboxylic acids is 1. The van der Waals surface area contributed by atoms with Gasteiger partial charge in [0.25, 0.3) is 0 Å². The summed E-state index contributed by atoms with van der Waals surface area (Å²) in [5, 5.41) is 17.4. The Morgan fingerprint density at radius 3 is 2.60 bits per heavy atom. The van der Waals surface area contributed by atoms with Crippen LogP contribution in [0, 0.1) is 0 Å². The first kappa shape index (κ1) is 13.5. The molecule has 0 fully saturated rings. The Labute approximate surface area is 113 Å². The molecule has 104 valence electrons. The zero-order valence-corrected chi connectivity index (χ0v) is 10.2. The summed E-state index contributed by atoms with van der Waals surface area (Å²) in [7, 11) is 0. The minimum absolute atomic E-state index is 0.0460. The van der Waals surface area contributed by atoms with Gasteiger partial charge in [0, 0.05) is 12.7 Å². The van der Waals surface area contributed by atoms with Gasteiger partial charge in [-0.2, -0.15) is 4.98 Å². The van der Waals surface area contributed by atoms with Crippen molar-refractivity contribution in [3.63, 3.8) is 0 Å². The van der Waals surface area contributed by atoms with Crippen LogP contribution < -0.4 is 10.6 Å². The van der Waals surface area contributed by atoms with Gasteiger partial charge in [0.05, 0.1) is 6.54 Å². The highest BCUT2D eigenvalue weighted by Gasteiger charge is 2.05. The number of carboxylic acid groups (broad SMARTS) is 1. The van der Waals surface area contributed by atoms with Crippen LogP contribution in [0.15, 0.2) is 29.2 Å². The maximum atomic E-state index is 11.5. The SMILES string of the molecule is O=C(NCc1ccc(C(=O)O)nc1)NCc1ncon1. The van der Waals surface area contributed by atoms with Crippen LogP contribution in [0.2, 0.25) is 0 Å². The molecule has 0 aliphatic heterocycles. The molecule has 2 aromatic rings. The lowest BCUT2D eigenvalue weighted by molar-refractivity contribution is 0.0690. The second kappa shape index (κ2) is 6.27. The first-order chi connectivity index (χ1) is 9.65. The number of hydrogen-bond acceptors (Lipinski definition) is 6. The molecule has 9 nitrogen and oxygen atoms in total. The number of rotatable bonds is 5. The van der Waals surface area contributed by atoms with Crippen LogP contribution in [0.5, 0.6) is 0 Å². The minimum atomic E-state index is -1.10. The highest BCUT2D eigenvalue weighted by atomic mass is 16.5. The lowest BCUT2D eigenvalue weighted by Gasteiger charge is -2.06. The number of carbonyl (C=O) groups excluding carboxylic acids is 1. The zero-order chi connectivity index (χ0) is 14.4. The number of nitrogens with zero attached hydrogens (tertiary/aromatic N) is 3. The van der Waals surface area contributed by atoms with Gasteiger partial charge < -0.3 is 20.3 Å². The van der Waals surface area contributed by atoms with E-state index in [0.29, 0.717) is 11.4 Å². The van der Waals surface area contributed by atoms with Gasteiger partial charge in [-0.05, 0) is 11.6 Å². The molecule has 0 saturated heterocycles. The Morgan fingerprint density at radius 2 is 2.00 bits per heavy atom. The van der Waals surface area contributed by atoms with E-state index in [2.05, 4.69) is 30.3 Å². The Bertz CT molecular complexity index is 581. The molecule has 2 heterocycles. The second-order valence-corrected chi connectivity index (χ2v) is 3.74. The van der Waals surface area contributed by atoms with E-state index < -0.39 is 12.0 Å². The highest BCUT2D eigenvalue weighted by Crippen LogP contribution is 2.00. The molecule has 0 aliphatic rings. The van der Waals surface area contributed by atoms with E-state index in [9.17, 15) is 9.59 Å². The van der Waals surface area contributed by atoms with E-state index in [1.165, 1.54) is 18.7 Å². The van der Waals surface area contributed by atoms with E-state index in [4.69, 9.17) is 5.11 Å². The van der Waals surface area contributed by atoms with Crippen LogP contribution in [0.3, 0.4) is 0 Å². The molecule has 0 unspecified atom stereocenters. The maximum Gasteiger partial charge on any atom is 0.354 e. The summed E-state index contributed by atoms with van der Waals surface area (Å²) in [4.78, 5) is 29.6. The summed E-state index contributed by atoms with van der Waals surface area (Å²) in [5.41, 5.74) is 0.639. The summed E-state index contributed by atoms with van der Waals surface area (Å²) in [5.74, 6) is -0.727. The molecule has 20 heavy (non-hydrogen) atoms. The summed E-state index contributed by atoms with van der Waals surface area (Å²) in [6.45, 7) is 0.378. The predicted octanol–water partition coefficient (Wildman–Crippen LogP) is 0.162. The number of pyridine rings is 1. The molecule has 0 radical (unpaired) electrons. The summed E-state index contributed by atoms with van der Waals surface area (Å²) in [6, 6.07) is 2.55. The van der Waals surface area contributed by atoms with E-state index in [1.807, 2.05) is 0 Å². The van der Waals surface area contributed by atoms with Crippen LogP contribution in [-0.4, -0.2) is 32.2 Å². The Hall–Kier alpha value is -2.97. The molecule has 0 spiro atoms. The first-order valence-corrected chi connectivity index (χ1v) is 5.60. The molecule has 3 N–H and O–H groups in total. The number of amides is 2. The van der Waals surface area contributed by atoms with Crippen LogP contribution in [0.25, 0.3) is 0 Å². The first-order valence-electron chi connectivity index (χ1n) is 5.60. The van der Waals surface area contributed by atoms with Gasteiger partial charge in [-0.1, -0.05) is 11.2 Å². The van der Waals surface area contributed by atoms with E-state index in [0.717, 1.165) is 0 Å². The largest absolute Gasteiger partial charge is 0.477 e. The van der Waals surface area contributed by atoms with Crippen molar-refractivity contribution in [2.24, 2.45) is 0 Å². The fourth-order valence-electron chi connectivity index (χ4n) is 1.33. The third kappa shape index (κ3) is 3.77. The maximum absolute atomic E-state index is 11.5. The van der Waals surface area contributed by atoms with Crippen molar-refractivity contribution in [1.82, 2.24) is 25.8 Å². The quantitative estimate of drug-likeness (QED) is 0.709. The van der Waals surface area contributed by atoms with Gasteiger partial charge >= 0.3 is 12.0 Å². The molecule has 0 aromatic carbocycles. The van der Waals surface area contributed by atoms with Gasteiger partial charge in [-0.15, -0.1) is 0 Å². The van der Waals surface area contributed by atoms with Crippen LogP contribution in [-0.2, 0) is 13.1 Å². The molecule has 0 bridgehead atoms. The van der Waals surface area contributed by atoms with Crippen LogP contribution >= 0.6 is 0 Å². The molecular formula is C11H11N5O4. The van der Waals surface area contributed by atoms with Gasteiger partial charge in [-0.3, -0.25) is 0 Å². The summed E-state index contributed by atoms with van der Waals surface area (Å²) >= 11 is 0. The van der Waals surface area contributed by atoms with Crippen molar-refractivity contribution < 1.29 is 19.2 Å². The lowest BCUT2D eigenvalue weighted by Crippen LogP contribution is -2.34. The van der Waals surface area contributed by atoms with Crippen molar-refractivity contribution in [3.8, 4) is 0 Å². The van der Waals surface area contributed by atoms with Gasteiger partial charge in [0.2, 0.25) is 6.39 Å². The lowest BCUT2D eigenvalue weighted by atomic mass is 10.2. The van der Waals surface area contributed by atoms with Gasteiger partial charge in [0.15, 0.2) is 5.82 Å². The van der Waals surface area contributed by atoms with Crippen molar-refractivity contribution in [2.45, 2.75) is 13.1 Å². The second-order valence-electron chi connectivity index (χ2n) is 3.74. The normalized spacial score (nSPS) is 10.0. The molecule has 2 aromatic heterocycles. The van der Waals surface area contributed by atoms with Crippen molar-refractivity contribution in [2.75, 3.05) is 0 Å². The minimum Gasteiger partial charge on any atom is -0.477 e. The fourth-order valence-corrected chi connectivity index (χ4v) is 1.33. The number of hydrogen-bond donors (Lipinski definition) is 3. The molecule has 2 rings (SSSR count). The number of urea groups is 1. The summed E-state index contributed by atoms with van der Waals surface area (Å²) in [6.07, 6.45) is 2.56. The average Bonchev–Trinajstić information content (AvgIpc) is 2.96. The van der Waals surface area contributed by atoms with E-state index >= 15 is 0 Å². The molecule has 9 heteroatoms. The average molecular weight is 277 g/mol. The smallest absolute Gasteiger partial charge is 0.354 e. The van der Waals surface area contributed by atoms with Gasteiger partial charge in [-0.25, -0.2) is 14.6 Å². The Balaban J connectivity index is 1.76. The number of aromatic carboxylic acids is 1. The standard InChI is InChI=1S/C11H11N5O4/c17-10(18)8-2-1-7(3-12-8)4-13-11(19)14-5-9-15-6-20-16-9/h1-3,6H,4-5H2,(H,17,18)(H2,13,14,19). The van der Waals surface area contributed by atoms with Crippen LogP contribution in [0.1, 0.15) is 21.9 Å². The van der Waals surface area contributed by atoms with Gasteiger partial charge in [0.1, 0.15) is 5.69 Å². The monoisotopic (exact) mass is 277 g/mol. The number of aromatic nitrogens is 3. The molecule has 2 amide bonds. The highest BCUT2D eigenvalue weighted by molar-refractivity contribution is 5.85. The van der Waals surface area contributed by atoms with E-state index in [1.54, 1.807) is 6.07 Å².